The number of aryl methyl sites for hydroxylation is 2. The lowest BCUT2D eigenvalue weighted by Gasteiger charge is -2.19. The van der Waals surface area contributed by atoms with Gasteiger partial charge in [-0.05, 0) is 56.2 Å². The lowest BCUT2D eigenvalue weighted by Crippen LogP contribution is -2.17. The number of nitrogens with zero attached hydrogens (tertiary/aromatic N) is 1. The van der Waals surface area contributed by atoms with Crippen LogP contribution in [0.3, 0.4) is 0 Å². The highest BCUT2D eigenvalue weighted by Gasteiger charge is 2.14. The molecule has 0 bridgehead atoms. The van der Waals surface area contributed by atoms with E-state index in [1.807, 2.05) is 6.92 Å². The molecule has 0 aromatic carbocycles. The molecule has 1 heterocycles. The predicted molar refractivity (Wildman–Crippen MR) is 73.9 cm³/mol. The van der Waals surface area contributed by atoms with Gasteiger partial charge in [0.05, 0.1) is 5.69 Å². The van der Waals surface area contributed by atoms with Crippen molar-refractivity contribution < 1.29 is 0 Å². The van der Waals surface area contributed by atoms with Crippen LogP contribution in [0.15, 0.2) is 12.1 Å². The molecule has 0 saturated carbocycles. The first-order valence-corrected chi connectivity index (χ1v) is 6.59. The third-order valence-corrected chi connectivity index (χ3v) is 3.03. The Morgan fingerprint density at radius 3 is 2.29 bits per heavy atom. The van der Waals surface area contributed by atoms with E-state index < -0.39 is 0 Å². The van der Waals surface area contributed by atoms with Crippen molar-refractivity contribution in [1.82, 2.24) is 4.98 Å². The molecule has 2 N–H and O–H groups in total. The molecular formula is C15H26N2. The second-order valence-corrected chi connectivity index (χ2v) is 5.79. The fourth-order valence-corrected chi connectivity index (χ4v) is 2.52. The molecule has 2 heteroatoms. The largest absolute Gasteiger partial charge is 0.323 e. The van der Waals surface area contributed by atoms with E-state index in [-0.39, 0.29) is 6.04 Å². The van der Waals surface area contributed by atoms with Crippen LogP contribution in [0.4, 0.5) is 0 Å². The molecule has 17 heavy (non-hydrogen) atoms. The normalized spacial score (nSPS) is 15.0. The van der Waals surface area contributed by atoms with Gasteiger partial charge < -0.3 is 5.73 Å². The average molecular weight is 234 g/mol. The van der Waals surface area contributed by atoms with Gasteiger partial charge in [-0.25, -0.2) is 0 Å². The third kappa shape index (κ3) is 4.86. The summed E-state index contributed by atoms with van der Waals surface area (Å²) >= 11 is 0. The van der Waals surface area contributed by atoms with Crippen molar-refractivity contribution in [2.24, 2.45) is 17.6 Å². The minimum atomic E-state index is 0.0716. The Morgan fingerprint density at radius 1 is 1.12 bits per heavy atom. The molecule has 1 aromatic heterocycles. The fourth-order valence-electron chi connectivity index (χ4n) is 2.52. The van der Waals surface area contributed by atoms with Crippen LogP contribution in [-0.2, 0) is 0 Å². The van der Waals surface area contributed by atoms with Crippen LogP contribution >= 0.6 is 0 Å². The minimum Gasteiger partial charge on any atom is -0.323 e. The van der Waals surface area contributed by atoms with E-state index in [2.05, 4.69) is 44.8 Å². The summed E-state index contributed by atoms with van der Waals surface area (Å²) < 4.78 is 0. The Balaban J connectivity index is 2.66. The molecule has 0 radical (unpaired) electrons. The minimum absolute atomic E-state index is 0.0716. The lowest BCUT2D eigenvalue weighted by molar-refractivity contribution is 0.385. The van der Waals surface area contributed by atoms with Crippen molar-refractivity contribution in [3.8, 4) is 0 Å². The summed E-state index contributed by atoms with van der Waals surface area (Å²) in [6.45, 7) is 10.9. The van der Waals surface area contributed by atoms with Gasteiger partial charge in [-0.15, -0.1) is 0 Å². The van der Waals surface area contributed by atoms with Gasteiger partial charge in [-0.2, -0.15) is 0 Å². The molecular weight excluding hydrogens is 208 g/mol. The molecule has 0 aliphatic rings. The number of hydrogen-bond acceptors (Lipinski definition) is 2. The molecule has 0 fully saturated rings. The Bertz CT molecular complexity index is 338. The second-order valence-electron chi connectivity index (χ2n) is 5.79. The first kappa shape index (κ1) is 14.2. The molecule has 1 aromatic rings. The van der Waals surface area contributed by atoms with Crippen molar-refractivity contribution in [3.05, 3.63) is 29.1 Å². The highest BCUT2D eigenvalue weighted by molar-refractivity contribution is 5.21. The average Bonchev–Trinajstić information content (AvgIpc) is 2.14. The molecule has 0 aliphatic heterocycles. The van der Waals surface area contributed by atoms with E-state index in [0.717, 1.165) is 23.7 Å². The van der Waals surface area contributed by atoms with Crippen LogP contribution in [0.5, 0.6) is 0 Å². The van der Waals surface area contributed by atoms with Crippen molar-refractivity contribution in [3.63, 3.8) is 0 Å². The second kappa shape index (κ2) is 6.15. The highest BCUT2D eigenvalue weighted by Crippen LogP contribution is 2.23. The lowest BCUT2D eigenvalue weighted by atomic mass is 9.91. The summed E-state index contributed by atoms with van der Waals surface area (Å²) in [5.74, 6) is 1.40. The van der Waals surface area contributed by atoms with E-state index in [1.165, 1.54) is 12.0 Å². The first-order valence-electron chi connectivity index (χ1n) is 6.59. The maximum Gasteiger partial charge on any atom is 0.0576 e. The molecule has 2 unspecified atom stereocenters. The topological polar surface area (TPSA) is 38.9 Å². The Morgan fingerprint density at radius 2 is 1.76 bits per heavy atom. The molecule has 2 atom stereocenters. The van der Waals surface area contributed by atoms with Gasteiger partial charge >= 0.3 is 0 Å². The standard InChI is InChI=1S/C15H26N2/c1-10(2)6-11(3)8-14(16)15-9-12(4)7-13(5)17-15/h7,9-11,14H,6,8,16H2,1-5H3. The summed E-state index contributed by atoms with van der Waals surface area (Å²) in [5, 5.41) is 0. The Hall–Kier alpha value is -0.890. The maximum atomic E-state index is 6.25. The van der Waals surface area contributed by atoms with E-state index in [1.54, 1.807) is 0 Å². The SMILES string of the molecule is Cc1cc(C)nc(C(N)CC(C)CC(C)C)c1. The van der Waals surface area contributed by atoms with Crippen LogP contribution in [0.1, 0.15) is 56.6 Å². The molecule has 0 amide bonds. The van der Waals surface area contributed by atoms with Gasteiger partial charge in [0.15, 0.2) is 0 Å². The number of rotatable bonds is 5. The summed E-state index contributed by atoms with van der Waals surface area (Å²) in [5.41, 5.74) is 9.60. The van der Waals surface area contributed by atoms with Crippen molar-refractivity contribution >= 4 is 0 Å². The van der Waals surface area contributed by atoms with Gasteiger partial charge in [0, 0.05) is 11.7 Å². The van der Waals surface area contributed by atoms with Gasteiger partial charge in [-0.1, -0.05) is 20.8 Å². The zero-order valence-electron chi connectivity index (χ0n) is 11.8. The van der Waals surface area contributed by atoms with E-state index in [4.69, 9.17) is 5.73 Å². The maximum absolute atomic E-state index is 6.25. The monoisotopic (exact) mass is 234 g/mol. The van der Waals surface area contributed by atoms with Crippen molar-refractivity contribution in [1.29, 1.82) is 0 Å². The van der Waals surface area contributed by atoms with Crippen LogP contribution in [-0.4, -0.2) is 4.98 Å². The van der Waals surface area contributed by atoms with E-state index >= 15 is 0 Å². The fraction of sp³-hybridized carbons (Fsp3) is 0.667. The molecule has 0 saturated heterocycles. The molecule has 1 rings (SSSR count). The zero-order valence-corrected chi connectivity index (χ0v) is 11.8. The molecule has 2 nitrogen and oxygen atoms in total. The molecule has 0 aliphatic carbocycles. The van der Waals surface area contributed by atoms with Crippen LogP contribution in [0.25, 0.3) is 0 Å². The number of aromatic nitrogens is 1. The van der Waals surface area contributed by atoms with E-state index in [9.17, 15) is 0 Å². The number of hydrogen-bond donors (Lipinski definition) is 1. The van der Waals surface area contributed by atoms with Crippen LogP contribution in [0, 0.1) is 25.7 Å². The number of pyridine rings is 1. The van der Waals surface area contributed by atoms with Crippen molar-refractivity contribution in [2.45, 2.75) is 53.5 Å². The van der Waals surface area contributed by atoms with Crippen LogP contribution in [0.2, 0.25) is 0 Å². The Kier molecular flexibility index (Phi) is 5.13. The van der Waals surface area contributed by atoms with Gasteiger partial charge in [-0.3, -0.25) is 4.98 Å². The highest BCUT2D eigenvalue weighted by atomic mass is 14.8. The van der Waals surface area contributed by atoms with Gasteiger partial charge in [0.2, 0.25) is 0 Å². The van der Waals surface area contributed by atoms with E-state index in [0.29, 0.717) is 5.92 Å². The first-order chi connectivity index (χ1) is 7.88. The summed E-state index contributed by atoms with van der Waals surface area (Å²) in [6.07, 6.45) is 2.26. The molecule has 0 spiro atoms. The van der Waals surface area contributed by atoms with Crippen molar-refractivity contribution in [2.75, 3.05) is 0 Å². The smallest absolute Gasteiger partial charge is 0.0576 e. The quantitative estimate of drug-likeness (QED) is 0.842. The van der Waals surface area contributed by atoms with Gasteiger partial charge in [0.25, 0.3) is 0 Å². The summed E-state index contributed by atoms with van der Waals surface area (Å²) in [7, 11) is 0. The Labute approximate surface area is 106 Å². The molecule has 96 valence electrons. The number of nitrogens with two attached hydrogens (primary N) is 1. The summed E-state index contributed by atoms with van der Waals surface area (Å²) in [6, 6.07) is 4.27. The predicted octanol–water partition coefficient (Wildman–Crippen LogP) is 3.77. The van der Waals surface area contributed by atoms with Gasteiger partial charge in [0.1, 0.15) is 0 Å². The third-order valence-electron chi connectivity index (χ3n) is 3.03. The van der Waals surface area contributed by atoms with Crippen LogP contribution < -0.4 is 5.73 Å². The zero-order chi connectivity index (χ0) is 13.0. The summed E-state index contributed by atoms with van der Waals surface area (Å²) in [4.78, 5) is 4.54.